The lowest BCUT2D eigenvalue weighted by Crippen LogP contribution is -2.47. The number of rotatable bonds is 5. The summed E-state index contributed by atoms with van der Waals surface area (Å²) in [6, 6.07) is 0.296. The molecule has 0 aromatic heterocycles. The van der Waals surface area contributed by atoms with E-state index in [4.69, 9.17) is 5.73 Å². The summed E-state index contributed by atoms with van der Waals surface area (Å²) >= 11 is 0. The summed E-state index contributed by atoms with van der Waals surface area (Å²) in [5, 5.41) is 0. The quantitative estimate of drug-likeness (QED) is 0.804. The van der Waals surface area contributed by atoms with Crippen LogP contribution in [0.3, 0.4) is 0 Å². The topological polar surface area (TPSA) is 52.8 Å². The second-order valence-corrected chi connectivity index (χ2v) is 5.64. The van der Waals surface area contributed by atoms with Crippen LogP contribution in [0, 0.1) is 0 Å². The van der Waals surface area contributed by atoms with Crippen LogP contribution in [-0.2, 0) is 4.79 Å². The highest BCUT2D eigenvalue weighted by Crippen LogP contribution is 2.17. The lowest BCUT2D eigenvalue weighted by molar-refractivity contribution is -0.132. The Bertz CT molecular complexity index is 299. The van der Waals surface area contributed by atoms with Gasteiger partial charge in [0.25, 0.3) is 0 Å². The van der Waals surface area contributed by atoms with Crippen LogP contribution in [0.1, 0.15) is 26.2 Å². The predicted molar refractivity (Wildman–Crippen MR) is 91.5 cm³/mol. The summed E-state index contributed by atoms with van der Waals surface area (Å²) in [7, 11) is 0. The molecule has 2 rings (SSSR count). The molecule has 0 radical (unpaired) electrons. The summed E-state index contributed by atoms with van der Waals surface area (Å²) in [4.78, 5) is 19.1. The summed E-state index contributed by atoms with van der Waals surface area (Å²) in [6.07, 6.45) is 2.85. The zero-order valence-electron chi connectivity index (χ0n) is 13.0. The van der Waals surface area contributed by atoms with Crippen LogP contribution in [-0.4, -0.2) is 79.0 Å². The van der Waals surface area contributed by atoms with Gasteiger partial charge in [0, 0.05) is 58.3 Å². The first-order valence-corrected chi connectivity index (χ1v) is 7.68. The molecule has 7 heteroatoms. The Morgan fingerprint density at radius 3 is 2.29 bits per heavy atom. The molecule has 5 nitrogen and oxygen atoms in total. The molecule has 0 aromatic carbocycles. The van der Waals surface area contributed by atoms with E-state index in [0.29, 0.717) is 24.9 Å². The molecule has 1 unspecified atom stereocenters. The maximum absolute atomic E-state index is 12.2. The number of carbonyl (C=O) groups is 1. The Hall–Kier alpha value is -0.0700. The summed E-state index contributed by atoms with van der Waals surface area (Å²) in [5.74, 6) is 0.297. The maximum Gasteiger partial charge on any atom is 0.224 e. The molecule has 2 fully saturated rings. The Labute approximate surface area is 141 Å². The van der Waals surface area contributed by atoms with Gasteiger partial charge in [-0.1, -0.05) is 6.92 Å². The number of carbonyl (C=O) groups excluding carboxylic acids is 1. The summed E-state index contributed by atoms with van der Waals surface area (Å²) in [6.45, 7) is 10.2. The number of likely N-dealkylation sites (tertiary alicyclic amines) is 1. The third kappa shape index (κ3) is 5.91. The molecule has 1 amide bonds. The minimum absolute atomic E-state index is 0. The second kappa shape index (κ2) is 10.6. The molecule has 126 valence electrons. The zero-order valence-corrected chi connectivity index (χ0v) is 14.6. The van der Waals surface area contributed by atoms with Crippen molar-refractivity contribution in [1.82, 2.24) is 14.7 Å². The SMILES string of the molecule is CCN1CCN(CCC(=O)N2CCCC2CN)CC1.Cl.Cl. The van der Waals surface area contributed by atoms with E-state index >= 15 is 0 Å². The molecule has 2 aliphatic rings. The van der Waals surface area contributed by atoms with E-state index in [-0.39, 0.29) is 24.8 Å². The highest BCUT2D eigenvalue weighted by atomic mass is 35.5. The fourth-order valence-corrected chi connectivity index (χ4v) is 3.14. The van der Waals surface area contributed by atoms with E-state index in [1.807, 2.05) is 4.90 Å². The molecule has 0 bridgehead atoms. The third-order valence-electron chi connectivity index (χ3n) is 4.52. The zero-order chi connectivity index (χ0) is 13.7. The van der Waals surface area contributed by atoms with Crippen LogP contribution in [0.2, 0.25) is 0 Å². The summed E-state index contributed by atoms with van der Waals surface area (Å²) in [5.41, 5.74) is 5.72. The van der Waals surface area contributed by atoms with Crippen molar-refractivity contribution in [2.75, 3.05) is 52.4 Å². The molecule has 21 heavy (non-hydrogen) atoms. The van der Waals surface area contributed by atoms with Gasteiger partial charge in [-0.25, -0.2) is 0 Å². The lowest BCUT2D eigenvalue weighted by atomic mass is 10.2. The lowest BCUT2D eigenvalue weighted by Gasteiger charge is -2.34. The smallest absolute Gasteiger partial charge is 0.224 e. The highest BCUT2D eigenvalue weighted by Gasteiger charge is 2.27. The van der Waals surface area contributed by atoms with Gasteiger partial charge in [-0.05, 0) is 19.4 Å². The fraction of sp³-hybridized carbons (Fsp3) is 0.929. The van der Waals surface area contributed by atoms with Crippen molar-refractivity contribution in [2.24, 2.45) is 5.73 Å². The Balaban J connectivity index is 0.00000200. The first-order valence-electron chi connectivity index (χ1n) is 7.68. The van der Waals surface area contributed by atoms with Gasteiger partial charge in [-0.3, -0.25) is 4.79 Å². The minimum Gasteiger partial charge on any atom is -0.338 e. The van der Waals surface area contributed by atoms with Crippen molar-refractivity contribution in [2.45, 2.75) is 32.2 Å². The van der Waals surface area contributed by atoms with E-state index in [1.54, 1.807) is 0 Å². The summed E-state index contributed by atoms with van der Waals surface area (Å²) < 4.78 is 0. The Kier molecular flexibility index (Phi) is 10.6. The predicted octanol–water partition coefficient (Wildman–Crippen LogP) is 0.807. The van der Waals surface area contributed by atoms with Gasteiger partial charge in [0.15, 0.2) is 0 Å². The molecule has 2 N–H and O–H groups in total. The number of likely N-dealkylation sites (N-methyl/N-ethyl adjacent to an activating group) is 1. The van der Waals surface area contributed by atoms with Crippen molar-refractivity contribution in [3.05, 3.63) is 0 Å². The number of nitrogens with zero attached hydrogens (tertiary/aromatic N) is 3. The van der Waals surface area contributed by atoms with Gasteiger partial charge in [0.1, 0.15) is 0 Å². The van der Waals surface area contributed by atoms with Gasteiger partial charge in [0.2, 0.25) is 5.91 Å². The third-order valence-corrected chi connectivity index (χ3v) is 4.52. The molecular formula is C14H30Cl2N4O. The van der Waals surface area contributed by atoms with Gasteiger partial charge >= 0.3 is 0 Å². The highest BCUT2D eigenvalue weighted by molar-refractivity contribution is 5.85. The minimum atomic E-state index is 0. The van der Waals surface area contributed by atoms with Crippen LogP contribution in [0.4, 0.5) is 0 Å². The van der Waals surface area contributed by atoms with Gasteiger partial charge in [-0.15, -0.1) is 24.8 Å². The number of nitrogens with two attached hydrogens (primary N) is 1. The number of piperazine rings is 1. The van der Waals surface area contributed by atoms with E-state index in [1.165, 1.54) is 0 Å². The number of hydrogen-bond donors (Lipinski definition) is 1. The average Bonchev–Trinajstić information content (AvgIpc) is 2.93. The number of hydrogen-bond acceptors (Lipinski definition) is 4. The first kappa shape index (κ1) is 20.9. The normalized spacial score (nSPS) is 23.5. The van der Waals surface area contributed by atoms with E-state index in [0.717, 1.165) is 58.7 Å². The van der Waals surface area contributed by atoms with Crippen LogP contribution < -0.4 is 5.73 Å². The average molecular weight is 341 g/mol. The van der Waals surface area contributed by atoms with Crippen LogP contribution >= 0.6 is 24.8 Å². The number of amides is 1. The largest absolute Gasteiger partial charge is 0.338 e. The van der Waals surface area contributed by atoms with Gasteiger partial charge in [0.05, 0.1) is 0 Å². The standard InChI is InChI=1S/C14H28N4O.2ClH/c1-2-16-8-10-17(11-9-16)7-5-14(19)18-6-3-4-13(18)12-15;;/h13H,2-12,15H2,1H3;2*1H. The van der Waals surface area contributed by atoms with Crippen LogP contribution in [0.15, 0.2) is 0 Å². The van der Waals surface area contributed by atoms with E-state index in [2.05, 4.69) is 16.7 Å². The molecular weight excluding hydrogens is 311 g/mol. The van der Waals surface area contributed by atoms with Crippen molar-refractivity contribution < 1.29 is 4.79 Å². The Morgan fingerprint density at radius 2 is 1.71 bits per heavy atom. The fourth-order valence-electron chi connectivity index (χ4n) is 3.14. The van der Waals surface area contributed by atoms with E-state index < -0.39 is 0 Å². The van der Waals surface area contributed by atoms with Crippen molar-refractivity contribution in [1.29, 1.82) is 0 Å². The van der Waals surface area contributed by atoms with Crippen molar-refractivity contribution >= 4 is 30.7 Å². The van der Waals surface area contributed by atoms with Gasteiger partial charge < -0.3 is 20.4 Å². The first-order chi connectivity index (χ1) is 9.24. The number of halogens is 2. The maximum atomic E-state index is 12.2. The van der Waals surface area contributed by atoms with Crippen LogP contribution in [0.5, 0.6) is 0 Å². The monoisotopic (exact) mass is 340 g/mol. The van der Waals surface area contributed by atoms with Gasteiger partial charge in [-0.2, -0.15) is 0 Å². The van der Waals surface area contributed by atoms with Crippen LogP contribution in [0.25, 0.3) is 0 Å². The molecule has 0 aliphatic carbocycles. The van der Waals surface area contributed by atoms with Crippen molar-refractivity contribution in [3.8, 4) is 0 Å². The molecule has 0 aromatic rings. The van der Waals surface area contributed by atoms with Crippen molar-refractivity contribution in [3.63, 3.8) is 0 Å². The molecule has 2 saturated heterocycles. The van der Waals surface area contributed by atoms with E-state index in [9.17, 15) is 4.79 Å². The molecule has 2 aliphatic heterocycles. The Morgan fingerprint density at radius 1 is 1.10 bits per heavy atom. The second-order valence-electron chi connectivity index (χ2n) is 5.64. The molecule has 2 heterocycles. The molecule has 1 atom stereocenters. The molecule has 0 spiro atoms. The molecule has 0 saturated carbocycles.